The molecule has 5 aliphatic rings. The molecule has 0 aromatic carbocycles. The van der Waals surface area contributed by atoms with E-state index >= 15 is 0 Å². The third kappa shape index (κ3) is 3.01. The van der Waals surface area contributed by atoms with E-state index in [2.05, 4.69) is 54.5 Å². The first-order valence-electron chi connectivity index (χ1n) is 13.8. The van der Waals surface area contributed by atoms with E-state index in [0.717, 1.165) is 44.9 Å². The van der Waals surface area contributed by atoms with Gasteiger partial charge in [0.2, 0.25) is 0 Å². The number of fused-ring (bicyclic) bond motifs is 7. The average molecular weight is 480 g/mol. The van der Waals surface area contributed by atoms with Gasteiger partial charge in [0.15, 0.2) is 5.78 Å². The second-order valence-electron chi connectivity index (χ2n) is 15.0. The molecule has 3 saturated carbocycles. The van der Waals surface area contributed by atoms with Gasteiger partial charge in [-0.25, -0.2) is 0 Å². The van der Waals surface area contributed by atoms with Crippen LogP contribution in [0.2, 0.25) is 0 Å². The quantitative estimate of drug-likeness (QED) is 0.484. The van der Waals surface area contributed by atoms with Crippen LogP contribution in [0.1, 0.15) is 93.4 Å². The first-order chi connectivity index (χ1) is 16.1. The Morgan fingerprint density at radius 2 is 1.69 bits per heavy atom. The summed E-state index contributed by atoms with van der Waals surface area (Å²) in [6, 6.07) is 2.28. The topological polar surface area (TPSA) is 81.3 Å². The summed E-state index contributed by atoms with van der Waals surface area (Å²) in [5.74, 6) is 0.539. The predicted molar refractivity (Wildman–Crippen MR) is 137 cm³/mol. The molecule has 8 atom stereocenters. The number of nitriles is 1. The highest BCUT2D eigenvalue weighted by Crippen LogP contribution is 2.74. The number of ketones is 1. The van der Waals surface area contributed by atoms with Crippen molar-refractivity contribution in [2.45, 2.75) is 99.5 Å². The summed E-state index contributed by atoms with van der Waals surface area (Å²) in [6.07, 6.45) is 10.2. The molecule has 0 aromatic rings. The van der Waals surface area contributed by atoms with Crippen molar-refractivity contribution in [3.63, 3.8) is 0 Å². The lowest BCUT2D eigenvalue weighted by Crippen LogP contribution is -2.65. The van der Waals surface area contributed by atoms with Gasteiger partial charge in [0.1, 0.15) is 0 Å². The van der Waals surface area contributed by atoms with Crippen LogP contribution >= 0.6 is 0 Å². The molecule has 1 unspecified atom stereocenters. The Morgan fingerprint density at radius 1 is 1.03 bits per heavy atom. The Bertz CT molecular complexity index is 1060. The van der Waals surface area contributed by atoms with Crippen LogP contribution in [-0.2, 0) is 4.79 Å². The molecule has 2 N–H and O–H groups in total. The minimum absolute atomic E-state index is 0.0708. The highest BCUT2D eigenvalue weighted by atomic mass is 16.3. The zero-order valence-electron chi connectivity index (χ0n) is 22.9. The maximum absolute atomic E-state index is 14.3. The summed E-state index contributed by atoms with van der Waals surface area (Å²) in [7, 11) is 0. The van der Waals surface area contributed by atoms with E-state index in [1.165, 1.54) is 5.57 Å². The molecule has 0 amide bonds. The summed E-state index contributed by atoms with van der Waals surface area (Å²) in [6.45, 7) is 16.0. The number of carbonyl (C=O) groups excluding carboxylic acids is 1. The van der Waals surface area contributed by atoms with Crippen molar-refractivity contribution in [3.05, 3.63) is 23.3 Å². The number of aliphatic hydroxyl groups is 2. The van der Waals surface area contributed by atoms with Gasteiger partial charge in [0.25, 0.3) is 0 Å². The van der Waals surface area contributed by atoms with Gasteiger partial charge in [-0.1, -0.05) is 60.1 Å². The molecular weight excluding hydrogens is 434 g/mol. The monoisotopic (exact) mass is 479 g/mol. The average Bonchev–Trinajstić information content (AvgIpc) is 2.77. The van der Waals surface area contributed by atoms with Crippen LogP contribution in [0.25, 0.3) is 0 Å². The zero-order chi connectivity index (χ0) is 25.8. The molecule has 0 bridgehead atoms. The number of allylic oxidation sites excluding steroid dienone is 3. The smallest absolute Gasteiger partial charge is 0.159 e. The largest absolute Gasteiger partial charge is 0.396 e. The number of hydrogen-bond acceptors (Lipinski definition) is 4. The van der Waals surface area contributed by atoms with Gasteiger partial charge >= 0.3 is 0 Å². The maximum atomic E-state index is 14.3. The molecular formula is C31H45NO3. The van der Waals surface area contributed by atoms with Crippen LogP contribution in [0, 0.1) is 61.6 Å². The Labute approximate surface area is 211 Å². The van der Waals surface area contributed by atoms with Crippen LogP contribution in [0.4, 0.5) is 0 Å². The van der Waals surface area contributed by atoms with E-state index in [1.54, 1.807) is 0 Å². The highest BCUT2D eigenvalue weighted by Gasteiger charge is 2.69. The minimum atomic E-state index is -0.775. The fourth-order valence-corrected chi connectivity index (χ4v) is 10.2. The number of carbonyl (C=O) groups is 1. The van der Waals surface area contributed by atoms with Crippen LogP contribution in [0.3, 0.4) is 0 Å². The van der Waals surface area contributed by atoms with Crippen molar-refractivity contribution >= 4 is 5.78 Å². The van der Waals surface area contributed by atoms with Gasteiger partial charge < -0.3 is 10.2 Å². The Kier molecular flexibility index (Phi) is 5.27. The highest BCUT2D eigenvalue weighted by molar-refractivity contribution is 5.95. The summed E-state index contributed by atoms with van der Waals surface area (Å²) in [4.78, 5) is 14.3. The van der Waals surface area contributed by atoms with E-state index in [9.17, 15) is 20.3 Å². The normalized spacial score (nSPS) is 49.9. The standard InChI is InChI=1S/C31H45NO3/c1-26(2)10-12-31(18-33)13-11-30(7)24(20(31)16-26)21(34)14-23-28(5)15-19(17-32)25(35)27(3,4)22(28)8-9-29(23,30)6/h14-15,20,22,24-25,33,35H,8-13,16,18H2,1-7H3/t20-,22-,24-,25?,28-,29+,30+,31+/m0/s1. The Balaban J connectivity index is 1.69. The van der Waals surface area contributed by atoms with Crippen LogP contribution in [0.5, 0.6) is 0 Å². The number of aliphatic hydroxyl groups excluding tert-OH is 2. The SMILES string of the molecule is CC1(C)CC[C@]2(CO)CC[C@]3(C)[C@H](C(=O)C=C4[C@@]5(C)C=C(C#N)C(O)C(C)(C)[C@@H]5CC[C@]43C)[C@@H]2C1. The van der Waals surface area contributed by atoms with Crippen molar-refractivity contribution < 1.29 is 15.0 Å². The first kappa shape index (κ1) is 25.2. The molecule has 35 heavy (non-hydrogen) atoms. The zero-order valence-corrected chi connectivity index (χ0v) is 22.9. The summed E-state index contributed by atoms with van der Waals surface area (Å²) in [5.41, 5.74) is 0.466. The van der Waals surface area contributed by atoms with Gasteiger partial charge in [0.05, 0.1) is 17.7 Å². The van der Waals surface area contributed by atoms with Crippen molar-refractivity contribution in [2.75, 3.05) is 6.61 Å². The van der Waals surface area contributed by atoms with Gasteiger partial charge in [-0.05, 0) is 89.9 Å². The van der Waals surface area contributed by atoms with E-state index in [1.807, 2.05) is 12.2 Å². The van der Waals surface area contributed by atoms with Gasteiger partial charge in [-0.15, -0.1) is 0 Å². The van der Waals surface area contributed by atoms with E-state index < -0.39 is 16.9 Å². The summed E-state index contributed by atoms with van der Waals surface area (Å²) < 4.78 is 0. The lowest BCUT2D eigenvalue weighted by molar-refractivity contribution is -0.179. The Hall–Kier alpha value is -1.44. The molecule has 4 nitrogen and oxygen atoms in total. The molecule has 0 aliphatic heterocycles. The van der Waals surface area contributed by atoms with Gasteiger partial charge in [-0.2, -0.15) is 5.26 Å². The molecule has 3 fully saturated rings. The summed E-state index contributed by atoms with van der Waals surface area (Å²) in [5, 5.41) is 31.6. The number of hydrogen-bond donors (Lipinski definition) is 2. The second kappa shape index (κ2) is 7.32. The van der Waals surface area contributed by atoms with Crippen molar-refractivity contribution in [1.82, 2.24) is 0 Å². The van der Waals surface area contributed by atoms with Crippen molar-refractivity contribution in [3.8, 4) is 6.07 Å². The van der Waals surface area contributed by atoms with Crippen molar-refractivity contribution in [2.24, 2.45) is 50.2 Å². The number of nitrogens with zero attached hydrogens (tertiary/aromatic N) is 1. The summed E-state index contributed by atoms with van der Waals surface area (Å²) >= 11 is 0. The molecule has 0 heterocycles. The van der Waals surface area contributed by atoms with Crippen LogP contribution in [0.15, 0.2) is 23.3 Å². The molecule has 5 rings (SSSR count). The van der Waals surface area contributed by atoms with Crippen molar-refractivity contribution in [1.29, 1.82) is 5.26 Å². The third-order valence-electron chi connectivity index (χ3n) is 12.6. The fraction of sp³-hybridized carbons (Fsp3) is 0.806. The fourth-order valence-electron chi connectivity index (χ4n) is 10.2. The Morgan fingerprint density at radius 3 is 2.31 bits per heavy atom. The maximum Gasteiger partial charge on any atom is 0.159 e. The lowest BCUT2D eigenvalue weighted by atomic mass is 9.34. The van der Waals surface area contributed by atoms with Gasteiger partial charge in [0, 0.05) is 17.9 Å². The lowest BCUT2D eigenvalue weighted by Gasteiger charge is -2.69. The first-order valence-corrected chi connectivity index (χ1v) is 13.8. The predicted octanol–water partition coefficient (Wildman–Crippen LogP) is 5.99. The third-order valence-corrected chi connectivity index (χ3v) is 12.6. The van der Waals surface area contributed by atoms with E-state index in [0.29, 0.717) is 5.57 Å². The molecule has 0 saturated heterocycles. The molecule has 4 heteroatoms. The van der Waals surface area contributed by atoms with Crippen LogP contribution in [-0.4, -0.2) is 28.7 Å². The molecule has 5 aliphatic carbocycles. The van der Waals surface area contributed by atoms with Crippen LogP contribution < -0.4 is 0 Å². The second-order valence-corrected chi connectivity index (χ2v) is 15.0. The van der Waals surface area contributed by atoms with Gasteiger partial charge in [-0.3, -0.25) is 4.79 Å². The molecule has 192 valence electrons. The minimum Gasteiger partial charge on any atom is -0.396 e. The van der Waals surface area contributed by atoms with E-state index in [-0.39, 0.29) is 51.8 Å². The number of rotatable bonds is 1. The molecule has 0 radical (unpaired) electrons. The molecule has 0 spiro atoms. The molecule has 0 aromatic heterocycles. The van der Waals surface area contributed by atoms with E-state index in [4.69, 9.17) is 0 Å².